The molecule has 2 aliphatic heterocycles. The van der Waals surface area contributed by atoms with Crippen LogP contribution in [0.15, 0.2) is 79.1 Å². The van der Waals surface area contributed by atoms with Crippen LogP contribution in [0.25, 0.3) is 33.6 Å². The standard InChI is InChI=1S/C42H44F2N8O7/c1-23(53)35(49-41(56)58-2)39(54)51-17-7-11-33(51)37-45-21-31(47-37)27-15-13-25(19-29(27)43)26-14-16-28(30(44)20-26)32-22-46-38(48-32)34-12-8-18-52(34)40(55)36(50-42(57)59-3)24-9-5-4-6-10-24/h4-6,9-10,13-16,19-23,33-36,53H,7-8,11-12,17-18H2,1-3H3,(H,45,47)(H,46,48)(H,49,56)(H,50,57)/t23-,33-,34-,35-,36+/m0/s1. The summed E-state index contributed by atoms with van der Waals surface area (Å²) in [5.74, 6) is -1.07. The number of alkyl carbamates (subject to hydrolysis) is 2. The first kappa shape index (κ1) is 40.6. The van der Waals surface area contributed by atoms with E-state index >= 15 is 8.78 Å². The minimum Gasteiger partial charge on any atom is -0.453 e. The highest BCUT2D eigenvalue weighted by atomic mass is 19.1. The van der Waals surface area contributed by atoms with Gasteiger partial charge in [-0.2, -0.15) is 0 Å². The second-order valence-electron chi connectivity index (χ2n) is 14.5. The van der Waals surface area contributed by atoms with Gasteiger partial charge in [-0.1, -0.05) is 42.5 Å². The van der Waals surface area contributed by atoms with Crippen molar-refractivity contribution < 1.29 is 42.5 Å². The van der Waals surface area contributed by atoms with Crippen molar-refractivity contribution in [2.24, 2.45) is 0 Å². The van der Waals surface area contributed by atoms with Crippen molar-refractivity contribution in [1.29, 1.82) is 0 Å². The monoisotopic (exact) mass is 810 g/mol. The molecule has 7 rings (SSSR count). The van der Waals surface area contributed by atoms with Gasteiger partial charge < -0.3 is 45.0 Å². The van der Waals surface area contributed by atoms with Crippen LogP contribution in [0.5, 0.6) is 0 Å². The van der Waals surface area contributed by atoms with Crippen LogP contribution in [0.1, 0.15) is 67.9 Å². The van der Waals surface area contributed by atoms with Crippen molar-refractivity contribution in [3.8, 4) is 33.6 Å². The average Bonchev–Trinajstić information content (AvgIpc) is 4.09. The van der Waals surface area contributed by atoms with E-state index in [1.54, 1.807) is 53.4 Å². The van der Waals surface area contributed by atoms with E-state index in [-0.39, 0.29) is 17.0 Å². The van der Waals surface area contributed by atoms with Crippen molar-refractivity contribution in [2.45, 2.75) is 62.9 Å². The normalized spacial score (nSPS) is 17.9. The maximum Gasteiger partial charge on any atom is 0.407 e. The third kappa shape index (κ3) is 8.50. The number of imidazole rings is 2. The second-order valence-corrected chi connectivity index (χ2v) is 14.5. The lowest BCUT2D eigenvalue weighted by Gasteiger charge is -2.29. The molecule has 2 aromatic heterocycles. The molecule has 5 aromatic rings. The predicted molar refractivity (Wildman–Crippen MR) is 210 cm³/mol. The summed E-state index contributed by atoms with van der Waals surface area (Å²) in [4.78, 5) is 69.7. The van der Waals surface area contributed by atoms with Crippen LogP contribution in [-0.2, 0) is 19.1 Å². The number of nitrogens with zero attached hydrogens (tertiary/aromatic N) is 4. The van der Waals surface area contributed by atoms with E-state index in [0.29, 0.717) is 78.5 Å². The number of aliphatic hydroxyl groups excluding tert-OH is 1. The van der Waals surface area contributed by atoms with Crippen LogP contribution in [0.4, 0.5) is 18.4 Å². The molecule has 308 valence electrons. The number of likely N-dealkylation sites (tertiary alicyclic amines) is 2. The summed E-state index contributed by atoms with van der Waals surface area (Å²) >= 11 is 0. The molecule has 0 radical (unpaired) electrons. The van der Waals surface area contributed by atoms with Crippen LogP contribution < -0.4 is 10.6 Å². The Balaban J connectivity index is 1.05. The minimum atomic E-state index is -1.23. The Hall–Kier alpha value is -6.62. The van der Waals surface area contributed by atoms with Gasteiger partial charge >= 0.3 is 12.2 Å². The Morgan fingerprint density at radius 2 is 1.24 bits per heavy atom. The van der Waals surface area contributed by atoms with E-state index in [0.717, 1.165) is 7.11 Å². The zero-order valence-electron chi connectivity index (χ0n) is 32.6. The van der Waals surface area contributed by atoms with Crippen LogP contribution in [0, 0.1) is 11.6 Å². The highest BCUT2D eigenvalue weighted by molar-refractivity contribution is 5.88. The predicted octanol–water partition coefficient (Wildman–Crippen LogP) is 5.94. The summed E-state index contributed by atoms with van der Waals surface area (Å²) in [6.07, 6.45) is 2.75. The van der Waals surface area contributed by atoms with E-state index in [9.17, 15) is 24.3 Å². The number of H-pyrrole nitrogens is 2. The summed E-state index contributed by atoms with van der Waals surface area (Å²) in [6, 6.07) is 14.8. The minimum absolute atomic E-state index is 0.218. The van der Waals surface area contributed by atoms with Crippen molar-refractivity contribution in [1.82, 2.24) is 40.4 Å². The van der Waals surface area contributed by atoms with Gasteiger partial charge in [-0.3, -0.25) is 9.59 Å². The number of hydrogen-bond acceptors (Lipinski definition) is 9. The molecule has 3 aromatic carbocycles. The number of aromatic nitrogens is 4. The summed E-state index contributed by atoms with van der Waals surface area (Å²) in [6.45, 7) is 2.21. The maximum atomic E-state index is 15.8. The van der Waals surface area contributed by atoms with Gasteiger partial charge in [-0.25, -0.2) is 28.3 Å². The summed E-state index contributed by atoms with van der Waals surface area (Å²) in [7, 11) is 2.39. The van der Waals surface area contributed by atoms with Crippen molar-refractivity contribution in [2.75, 3.05) is 27.3 Å². The zero-order chi connectivity index (χ0) is 41.8. The Bertz CT molecular complexity index is 2330. The fraction of sp³-hybridized carbons (Fsp3) is 0.333. The molecular formula is C42H44F2N8O7. The number of hydrogen-bond donors (Lipinski definition) is 5. The lowest BCUT2D eigenvalue weighted by molar-refractivity contribution is -0.137. The van der Waals surface area contributed by atoms with Crippen molar-refractivity contribution >= 4 is 24.0 Å². The number of carbonyl (C=O) groups excluding carboxylic acids is 4. The number of benzene rings is 3. The fourth-order valence-corrected chi connectivity index (χ4v) is 7.77. The number of nitrogens with one attached hydrogen (secondary N) is 4. The van der Waals surface area contributed by atoms with E-state index in [1.165, 1.54) is 43.5 Å². The Morgan fingerprint density at radius 1 is 0.746 bits per heavy atom. The highest BCUT2D eigenvalue weighted by Crippen LogP contribution is 2.37. The molecule has 2 fully saturated rings. The van der Waals surface area contributed by atoms with E-state index in [1.807, 2.05) is 6.07 Å². The highest BCUT2D eigenvalue weighted by Gasteiger charge is 2.39. The average molecular weight is 811 g/mol. The first-order valence-corrected chi connectivity index (χ1v) is 19.2. The maximum absolute atomic E-state index is 15.8. The molecule has 5 N–H and O–H groups in total. The quantitative estimate of drug-likeness (QED) is 0.107. The smallest absolute Gasteiger partial charge is 0.407 e. The van der Waals surface area contributed by atoms with Crippen molar-refractivity contribution in [3.63, 3.8) is 0 Å². The number of ether oxygens (including phenoxy) is 2. The molecule has 17 heteroatoms. The number of aliphatic hydroxyl groups is 1. The zero-order valence-corrected chi connectivity index (χ0v) is 32.6. The largest absolute Gasteiger partial charge is 0.453 e. The first-order chi connectivity index (χ1) is 28.5. The Labute approximate surface area is 338 Å². The van der Waals surface area contributed by atoms with Gasteiger partial charge in [0.05, 0.1) is 56.2 Å². The Kier molecular flexibility index (Phi) is 12.0. The van der Waals surface area contributed by atoms with Crippen LogP contribution >= 0.6 is 0 Å². The van der Waals surface area contributed by atoms with Gasteiger partial charge in [0.25, 0.3) is 5.91 Å². The van der Waals surface area contributed by atoms with Gasteiger partial charge in [0.2, 0.25) is 5.91 Å². The summed E-state index contributed by atoms with van der Waals surface area (Å²) in [5, 5.41) is 15.2. The van der Waals surface area contributed by atoms with Gasteiger partial charge in [0, 0.05) is 24.2 Å². The van der Waals surface area contributed by atoms with E-state index in [4.69, 9.17) is 4.74 Å². The molecule has 0 bridgehead atoms. The molecule has 15 nitrogen and oxygen atoms in total. The number of aromatic amines is 2. The number of halogens is 2. The van der Waals surface area contributed by atoms with Gasteiger partial charge in [-0.15, -0.1) is 0 Å². The topological polar surface area (TPSA) is 195 Å². The molecule has 0 unspecified atom stereocenters. The number of methoxy groups -OCH3 is 2. The van der Waals surface area contributed by atoms with Gasteiger partial charge in [0.15, 0.2) is 0 Å². The molecule has 2 aliphatic rings. The lowest BCUT2D eigenvalue weighted by Crippen LogP contribution is -2.53. The Morgan fingerprint density at radius 3 is 1.71 bits per heavy atom. The van der Waals surface area contributed by atoms with Crippen molar-refractivity contribution in [3.05, 3.63) is 108 Å². The second kappa shape index (κ2) is 17.5. The third-order valence-corrected chi connectivity index (χ3v) is 10.8. The SMILES string of the molecule is COC(=O)N[C@H](C(=O)N1CCC[C@H]1c1ncc(-c2ccc(-c3ccc(-c4cnc([C@@H]5CCCN5C(=O)[C@H](NC(=O)OC)c5ccccc5)[nH]4)c(F)c3)cc2F)[nH]1)[C@H](C)O. The first-order valence-electron chi connectivity index (χ1n) is 19.2. The molecule has 0 aliphatic carbocycles. The van der Waals surface area contributed by atoms with Gasteiger partial charge in [-0.05, 0) is 73.6 Å². The molecule has 4 heterocycles. The lowest BCUT2D eigenvalue weighted by atomic mass is 10.00. The number of carbonyl (C=O) groups is 4. The fourth-order valence-electron chi connectivity index (χ4n) is 7.77. The molecule has 4 amide bonds. The van der Waals surface area contributed by atoms with E-state index in [2.05, 4.69) is 35.3 Å². The van der Waals surface area contributed by atoms with Crippen LogP contribution in [-0.4, -0.2) is 98.3 Å². The molecular weight excluding hydrogens is 767 g/mol. The molecule has 0 saturated carbocycles. The van der Waals surface area contributed by atoms with Crippen LogP contribution in [0.3, 0.4) is 0 Å². The molecule has 0 spiro atoms. The summed E-state index contributed by atoms with van der Waals surface area (Å²) < 4.78 is 40.9. The number of rotatable bonds is 11. The molecule has 5 atom stereocenters. The third-order valence-electron chi connectivity index (χ3n) is 10.8. The summed E-state index contributed by atoms with van der Waals surface area (Å²) in [5.41, 5.74) is 2.70. The van der Waals surface area contributed by atoms with Gasteiger partial charge in [0.1, 0.15) is 35.4 Å². The number of amides is 4. The van der Waals surface area contributed by atoms with Crippen LogP contribution in [0.2, 0.25) is 0 Å². The molecule has 2 saturated heterocycles. The van der Waals surface area contributed by atoms with E-state index < -0.39 is 60.0 Å². The molecule has 59 heavy (non-hydrogen) atoms.